The van der Waals surface area contributed by atoms with Crippen LogP contribution in [0, 0.1) is 0 Å². The van der Waals surface area contributed by atoms with Crippen LogP contribution in [0.5, 0.6) is 0 Å². The van der Waals surface area contributed by atoms with Crippen LogP contribution in [0.15, 0.2) is 30.3 Å². The van der Waals surface area contributed by atoms with E-state index in [1.165, 1.54) is 7.11 Å². The molecule has 0 bridgehead atoms. The van der Waals surface area contributed by atoms with Crippen LogP contribution >= 0.6 is 13.5 Å². The molecule has 0 amide bonds. The molecular formula is C8H10O2S. The predicted molar refractivity (Wildman–Crippen MR) is 48.2 cm³/mol. The molecule has 0 aliphatic carbocycles. The van der Waals surface area contributed by atoms with Gasteiger partial charge in [-0.05, 0) is 12.1 Å². The number of esters is 1. The lowest BCUT2D eigenvalue weighted by Crippen LogP contribution is -1.99. The van der Waals surface area contributed by atoms with Gasteiger partial charge in [-0.3, -0.25) is 0 Å². The van der Waals surface area contributed by atoms with Crippen LogP contribution in [0.4, 0.5) is 0 Å². The Morgan fingerprint density at radius 3 is 2.27 bits per heavy atom. The van der Waals surface area contributed by atoms with Gasteiger partial charge in [0.05, 0.1) is 12.7 Å². The van der Waals surface area contributed by atoms with Gasteiger partial charge in [0.2, 0.25) is 0 Å². The van der Waals surface area contributed by atoms with Gasteiger partial charge in [0, 0.05) is 0 Å². The van der Waals surface area contributed by atoms with E-state index in [0.717, 1.165) is 0 Å². The number of ether oxygens (including phenoxy) is 1. The normalized spacial score (nSPS) is 8.09. The first-order valence-corrected chi connectivity index (χ1v) is 2.98. The number of benzene rings is 1. The summed E-state index contributed by atoms with van der Waals surface area (Å²) in [5, 5.41) is 0. The van der Waals surface area contributed by atoms with Gasteiger partial charge in [0.25, 0.3) is 0 Å². The highest BCUT2D eigenvalue weighted by Gasteiger charge is 2.00. The molecule has 0 heterocycles. The van der Waals surface area contributed by atoms with Crippen LogP contribution in [-0.2, 0) is 4.74 Å². The van der Waals surface area contributed by atoms with E-state index in [1.54, 1.807) is 24.3 Å². The van der Waals surface area contributed by atoms with Crippen LogP contribution in [0.1, 0.15) is 10.4 Å². The number of carbonyl (C=O) groups is 1. The summed E-state index contributed by atoms with van der Waals surface area (Å²) in [4.78, 5) is 10.8. The van der Waals surface area contributed by atoms with Gasteiger partial charge in [-0.1, -0.05) is 18.2 Å². The highest BCUT2D eigenvalue weighted by molar-refractivity contribution is 7.59. The van der Waals surface area contributed by atoms with Crippen LogP contribution in [0.2, 0.25) is 0 Å². The molecule has 0 radical (unpaired) electrons. The lowest BCUT2D eigenvalue weighted by Gasteiger charge is -1.95. The summed E-state index contributed by atoms with van der Waals surface area (Å²) in [6.07, 6.45) is 0. The van der Waals surface area contributed by atoms with Crippen molar-refractivity contribution in [2.24, 2.45) is 0 Å². The SMILES string of the molecule is COC(=O)c1ccccc1.S. The quantitative estimate of drug-likeness (QED) is 0.598. The molecule has 0 saturated carbocycles. The number of hydrogen-bond acceptors (Lipinski definition) is 2. The molecule has 1 aromatic rings. The molecular weight excluding hydrogens is 160 g/mol. The molecule has 1 rings (SSSR count). The maximum atomic E-state index is 10.8. The van der Waals surface area contributed by atoms with Gasteiger partial charge in [-0.25, -0.2) is 4.79 Å². The topological polar surface area (TPSA) is 26.3 Å². The van der Waals surface area contributed by atoms with Gasteiger partial charge in [0.1, 0.15) is 0 Å². The zero-order valence-corrected chi connectivity index (χ0v) is 7.20. The number of hydrogen-bond donors (Lipinski definition) is 0. The third kappa shape index (κ3) is 2.63. The average Bonchev–Trinajstić information content (AvgIpc) is 2.05. The Hall–Kier alpha value is -0.960. The van der Waals surface area contributed by atoms with Crippen molar-refractivity contribution >= 4 is 19.5 Å². The average molecular weight is 170 g/mol. The Balaban J connectivity index is 0.000001000. The minimum absolute atomic E-state index is 0. The van der Waals surface area contributed by atoms with E-state index in [1.807, 2.05) is 6.07 Å². The van der Waals surface area contributed by atoms with E-state index in [9.17, 15) is 4.79 Å². The second-order valence-electron chi connectivity index (χ2n) is 1.86. The van der Waals surface area contributed by atoms with E-state index < -0.39 is 0 Å². The molecule has 3 heteroatoms. The minimum atomic E-state index is -0.291. The molecule has 60 valence electrons. The fourth-order valence-corrected chi connectivity index (χ4v) is 0.692. The Bertz CT molecular complexity index is 221. The fourth-order valence-electron chi connectivity index (χ4n) is 0.692. The maximum absolute atomic E-state index is 10.8. The molecule has 0 aliphatic rings. The van der Waals surface area contributed by atoms with Gasteiger partial charge in [-0.2, -0.15) is 13.5 Å². The molecule has 0 N–H and O–H groups in total. The number of methoxy groups -OCH3 is 1. The first-order valence-electron chi connectivity index (χ1n) is 2.98. The number of rotatable bonds is 1. The third-order valence-corrected chi connectivity index (χ3v) is 1.19. The van der Waals surface area contributed by atoms with Crippen molar-refractivity contribution < 1.29 is 9.53 Å². The van der Waals surface area contributed by atoms with Crippen molar-refractivity contribution in [1.82, 2.24) is 0 Å². The smallest absolute Gasteiger partial charge is 0.337 e. The fraction of sp³-hybridized carbons (Fsp3) is 0.125. The summed E-state index contributed by atoms with van der Waals surface area (Å²) in [5.74, 6) is -0.291. The van der Waals surface area contributed by atoms with E-state index in [4.69, 9.17) is 0 Å². The minimum Gasteiger partial charge on any atom is -0.465 e. The molecule has 0 spiro atoms. The molecule has 0 fully saturated rings. The van der Waals surface area contributed by atoms with Crippen molar-refractivity contribution in [3.63, 3.8) is 0 Å². The van der Waals surface area contributed by atoms with E-state index in [2.05, 4.69) is 4.74 Å². The highest BCUT2D eigenvalue weighted by atomic mass is 32.1. The van der Waals surface area contributed by atoms with E-state index in [-0.39, 0.29) is 19.5 Å². The molecule has 0 unspecified atom stereocenters. The standard InChI is InChI=1S/C8H8O2.H2S/c1-10-8(9)7-5-3-2-4-6-7;/h2-6H,1H3;1H2. The second-order valence-corrected chi connectivity index (χ2v) is 1.86. The Labute approximate surface area is 72.6 Å². The van der Waals surface area contributed by atoms with Crippen molar-refractivity contribution in [1.29, 1.82) is 0 Å². The van der Waals surface area contributed by atoms with Gasteiger partial charge < -0.3 is 4.74 Å². The summed E-state index contributed by atoms with van der Waals surface area (Å²) < 4.78 is 4.50. The van der Waals surface area contributed by atoms with Crippen molar-refractivity contribution in [3.05, 3.63) is 35.9 Å². The summed E-state index contributed by atoms with van der Waals surface area (Å²) in [6.45, 7) is 0. The largest absolute Gasteiger partial charge is 0.465 e. The Kier molecular flexibility index (Phi) is 4.38. The molecule has 1 aromatic carbocycles. The molecule has 11 heavy (non-hydrogen) atoms. The highest BCUT2D eigenvalue weighted by Crippen LogP contribution is 1.98. The van der Waals surface area contributed by atoms with Crippen molar-refractivity contribution in [2.45, 2.75) is 0 Å². The first kappa shape index (κ1) is 10.0. The summed E-state index contributed by atoms with van der Waals surface area (Å²) in [6, 6.07) is 8.88. The second kappa shape index (κ2) is 4.79. The lowest BCUT2D eigenvalue weighted by atomic mass is 10.2. The van der Waals surface area contributed by atoms with Crippen molar-refractivity contribution in [3.8, 4) is 0 Å². The summed E-state index contributed by atoms with van der Waals surface area (Å²) >= 11 is 0. The zero-order valence-electron chi connectivity index (χ0n) is 6.20. The predicted octanol–water partition coefficient (Wildman–Crippen LogP) is 1.59. The Morgan fingerprint density at radius 1 is 1.27 bits per heavy atom. The maximum Gasteiger partial charge on any atom is 0.337 e. The van der Waals surface area contributed by atoms with Crippen LogP contribution in [-0.4, -0.2) is 13.1 Å². The van der Waals surface area contributed by atoms with Gasteiger partial charge in [-0.15, -0.1) is 0 Å². The summed E-state index contributed by atoms with van der Waals surface area (Å²) in [7, 11) is 1.37. The van der Waals surface area contributed by atoms with E-state index >= 15 is 0 Å². The van der Waals surface area contributed by atoms with Crippen LogP contribution in [0.25, 0.3) is 0 Å². The van der Waals surface area contributed by atoms with Gasteiger partial charge in [0.15, 0.2) is 0 Å². The zero-order chi connectivity index (χ0) is 7.40. The Morgan fingerprint density at radius 2 is 1.82 bits per heavy atom. The third-order valence-electron chi connectivity index (χ3n) is 1.19. The summed E-state index contributed by atoms with van der Waals surface area (Å²) in [5.41, 5.74) is 0.588. The number of carbonyl (C=O) groups excluding carboxylic acids is 1. The monoisotopic (exact) mass is 170 g/mol. The van der Waals surface area contributed by atoms with Crippen molar-refractivity contribution in [2.75, 3.05) is 7.11 Å². The van der Waals surface area contributed by atoms with Crippen LogP contribution < -0.4 is 0 Å². The van der Waals surface area contributed by atoms with E-state index in [0.29, 0.717) is 5.56 Å². The molecule has 0 saturated heterocycles. The first-order chi connectivity index (χ1) is 4.84. The molecule has 2 nitrogen and oxygen atoms in total. The molecule has 0 atom stereocenters. The molecule has 0 aromatic heterocycles. The molecule has 0 aliphatic heterocycles. The van der Waals surface area contributed by atoms with Crippen LogP contribution in [0.3, 0.4) is 0 Å². The lowest BCUT2D eigenvalue weighted by molar-refractivity contribution is 0.0601. The van der Waals surface area contributed by atoms with Gasteiger partial charge >= 0.3 is 5.97 Å².